The monoisotopic (exact) mass is 279 g/mol. The predicted molar refractivity (Wildman–Crippen MR) is 82.9 cm³/mol. The van der Waals surface area contributed by atoms with Gasteiger partial charge < -0.3 is 10.4 Å². The summed E-state index contributed by atoms with van der Waals surface area (Å²) in [6.07, 6.45) is 2.29. The van der Waals surface area contributed by atoms with Crippen molar-refractivity contribution < 1.29 is 5.11 Å². The second-order valence-corrected chi connectivity index (χ2v) is 7.52. The zero-order chi connectivity index (χ0) is 13.9. The summed E-state index contributed by atoms with van der Waals surface area (Å²) in [5, 5.41) is 13.2. The van der Waals surface area contributed by atoms with Gasteiger partial charge in [-0.05, 0) is 36.0 Å². The molecule has 1 aromatic rings. The molecule has 2 rings (SSSR count). The Balaban J connectivity index is 1.75. The second kappa shape index (κ2) is 6.29. The fourth-order valence-electron chi connectivity index (χ4n) is 1.89. The Bertz CT molecular complexity index is 392. The maximum absolute atomic E-state index is 9.89. The van der Waals surface area contributed by atoms with Gasteiger partial charge in [0, 0.05) is 23.2 Å². The van der Waals surface area contributed by atoms with Gasteiger partial charge in [-0.3, -0.25) is 0 Å². The molecule has 106 valence electrons. The van der Waals surface area contributed by atoms with E-state index in [2.05, 4.69) is 50.4 Å². The van der Waals surface area contributed by atoms with E-state index in [-0.39, 0.29) is 11.5 Å². The van der Waals surface area contributed by atoms with Crippen molar-refractivity contribution in [1.82, 2.24) is 5.32 Å². The molecule has 2 nitrogen and oxygen atoms in total. The Hall–Kier alpha value is -0.510. The Morgan fingerprint density at radius 3 is 2.42 bits per heavy atom. The van der Waals surface area contributed by atoms with Crippen molar-refractivity contribution in [2.75, 3.05) is 12.3 Å². The Morgan fingerprint density at radius 1 is 1.26 bits per heavy atom. The molecule has 1 atom stereocenters. The number of aliphatic hydroxyl groups is 1. The van der Waals surface area contributed by atoms with E-state index in [1.807, 2.05) is 0 Å². The van der Waals surface area contributed by atoms with E-state index in [1.54, 1.807) is 11.8 Å². The Labute approximate surface area is 121 Å². The molecule has 1 saturated carbocycles. The normalized spacial score (nSPS) is 17.5. The van der Waals surface area contributed by atoms with Gasteiger partial charge in [0.25, 0.3) is 0 Å². The highest BCUT2D eigenvalue weighted by Crippen LogP contribution is 2.26. The third kappa shape index (κ3) is 5.17. The topological polar surface area (TPSA) is 32.3 Å². The maximum Gasteiger partial charge on any atom is 0.0758 e. The van der Waals surface area contributed by atoms with Crippen molar-refractivity contribution in [3.8, 4) is 0 Å². The van der Waals surface area contributed by atoms with Crippen LogP contribution in [0.15, 0.2) is 29.2 Å². The molecular formula is C16H25NOS. The number of thioether (sulfide) groups is 1. The molecule has 1 fully saturated rings. The van der Waals surface area contributed by atoms with Crippen molar-refractivity contribution >= 4 is 11.8 Å². The summed E-state index contributed by atoms with van der Waals surface area (Å²) in [5.74, 6) is 0.759. The van der Waals surface area contributed by atoms with Crippen molar-refractivity contribution in [3.05, 3.63) is 29.8 Å². The fourth-order valence-corrected chi connectivity index (χ4v) is 2.72. The van der Waals surface area contributed by atoms with Crippen LogP contribution in [0.1, 0.15) is 39.2 Å². The zero-order valence-electron chi connectivity index (χ0n) is 12.1. The number of hydrogen-bond acceptors (Lipinski definition) is 3. The number of nitrogens with one attached hydrogen (secondary N) is 1. The number of hydrogen-bond donors (Lipinski definition) is 2. The summed E-state index contributed by atoms with van der Waals surface area (Å²) in [4.78, 5) is 1.23. The summed E-state index contributed by atoms with van der Waals surface area (Å²) in [5.41, 5.74) is 1.56. The summed E-state index contributed by atoms with van der Waals surface area (Å²) >= 11 is 1.73. The zero-order valence-corrected chi connectivity index (χ0v) is 13.0. The van der Waals surface area contributed by atoms with E-state index in [4.69, 9.17) is 0 Å². The van der Waals surface area contributed by atoms with E-state index >= 15 is 0 Å². The number of rotatable bonds is 6. The first-order chi connectivity index (χ1) is 8.95. The van der Waals surface area contributed by atoms with E-state index in [0.717, 1.165) is 12.3 Å². The third-order valence-corrected chi connectivity index (χ3v) is 4.54. The average molecular weight is 279 g/mol. The van der Waals surface area contributed by atoms with Crippen LogP contribution in [-0.2, 0) is 5.41 Å². The van der Waals surface area contributed by atoms with E-state index in [0.29, 0.717) is 6.04 Å². The van der Waals surface area contributed by atoms with Crippen LogP contribution < -0.4 is 5.32 Å². The average Bonchev–Trinajstić information content (AvgIpc) is 3.17. The van der Waals surface area contributed by atoms with Crippen LogP contribution in [-0.4, -0.2) is 29.5 Å². The van der Waals surface area contributed by atoms with Crippen molar-refractivity contribution in [2.45, 2.75) is 56.1 Å². The fraction of sp³-hybridized carbons (Fsp3) is 0.625. The van der Waals surface area contributed by atoms with Crippen LogP contribution in [0.5, 0.6) is 0 Å². The molecule has 0 heterocycles. The standard InChI is InChI=1S/C16H25NOS/c1-16(2,3)12-4-8-15(9-5-12)19-11-14(18)10-17-13-6-7-13/h4-5,8-9,13-14,17-18H,6-7,10-11H2,1-3H3. The van der Waals surface area contributed by atoms with Crippen molar-refractivity contribution in [2.24, 2.45) is 0 Å². The van der Waals surface area contributed by atoms with Crippen LogP contribution in [0.3, 0.4) is 0 Å². The first-order valence-corrected chi connectivity index (χ1v) is 8.08. The molecular weight excluding hydrogens is 254 g/mol. The first-order valence-electron chi connectivity index (χ1n) is 7.10. The first kappa shape index (κ1) is 14.9. The Kier molecular flexibility index (Phi) is 4.93. The lowest BCUT2D eigenvalue weighted by molar-refractivity contribution is 0.195. The van der Waals surface area contributed by atoms with Gasteiger partial charge in [0.2, 0.25) is 0 Å². The van der Waals surface area contributed by atoms with Gasteiger partial charge >= 0.3 is 0 Å². The minimum atomic E-state index is -0.257. The highest BCUT2D eigenvalue weighted by Gasteiger charge is 2.21. The lowest BCUT2D eigenvalue weighted by Gasteiger charge is -2.19. The van der Waals surface area contributed by atoms with Crippen LogP contribution in [0.2, 0.25) is 0 Å². The quantitative estimate of drug-likeness (QED) is 0.784. The minimum Gasteiger partial charge on any atom is -0.391 e. The summed E-state index contributed by atoms with van der Waals surface area (Å²) < 4.78 is 0. The largest absolute Gasteiger partial charge is 0.391 e. The molecule has 1 aliphatic rings. The maximum atomic E-state index is 9.89. The SMILES string of the molecule is CC(C)(C)c1ccc(SCC(O)CNC2CC2)cc1. The van der Waals surface area contributed by atoms with Gasteiger partial charge in [0.1, 0.15) is 0 Å². The minimum absolute atomic E-state index is 0.205. The second-order valence-electron chi connectivity index (χ2n) is 6.42. The van der Waals surface area contributed by atoms with E-state index in [1.165, 1.54) is 23.3 Å². The lowest BCUT2D eigenvalue weighted by atomic mass is 9.87. The highest BCUT2D eigenvalue weighted by molar-refractivity contribution is 7.99. The van der Waals surface area contributed by atoms with Gasteiger partial charge in [-0.15, -0.1) is 11.8 Å². The molecule has 0 spiro atoms. The summed E-state index contributed by atoms with van der Waals surface area (Å²) in [6.45, 7) is 7.39. The van der Waals surface area contributed by atoms with Crippen molar-refractivity contribution in [3.63, 3.8) is 0 Å². The molecule has 0 bridgehead atoms. The molecule has 1 aromatic carbocycles. The highest BCUT2D eigenvalue weighted by atomic mass is 32.2. The van der Waals surface area contributed by atoms with Gasteiger partial charge in [-0.2, -0.15) is 0 Å². The molecule has 0 saturated heterocycles. The van der Waals surface area contributed by atoms with Crippen molar-refractivity contribution in [1.29, 1.82) is 0 Å². The van der Waals surface area contributed by atoms with Crippen LogP contribution in [0, 0.1) is 0 Å². The number of aliphatic hydroxyl groups excluding tert-OH is 1. The van der Waals surface area contributed by atoms with E-state index in [9.17, 15) is 5.11 Å². The lowest BCUT2D eigenvalue weighted by Crippen LogP contribution is -2.29. The molecule has 1 unspecified atom stereocenters. The number of benzene rings is 1. The molecule has 2 N–H and O–H groups in total. The third-order valence-electron chi connectivity index (χ3n) is 3.38. The van der Waals surface area contributed by atoms with Gasteiger partial charge in [0.15, 0.2) is 0 Å². The molecule has 0 amide bonds. The van der Waals surface area contributed by atoms with Crippen LogP contribution in [0.25, 0.3) is 0 Å². The van der Waals surface area contributed by atoms with Crippen LogP contribution in [0.4, 0.5) is 0 Å². The van der Waals surface area contributed by atoms with Gasteiger partial charge in [-0.25, -0.2) is 0 Å². The molecule has 1 aliphatic carbocycles. The van der Waals surface area contributed by atoms with Gasteiger partial charge in [0.05, 0.1) is 6.10 Å². The predicted octanol–water partition coefficient (Wildman–Crippen LogP) is 3.19. The van der Waals surface area contributed by atoms with Crippen LogP contribution >= 0.6 is 11.8 Å². The van der Waals surface area contributed by atoms with E-state index < -0.39 is 0 Å². The summed E-state index contributed by atoms with van der Waals surface area (Å²) in [6, 6.07) is 9.37. The molecule has 0 aliphatic heterocycles. The molecule has 0 aromatic heterocycles. The summed E-state index contributed by atoms with van der Waals surface area (Å²) in [7, 11) is 0. The Morgan fingerprint density at radius 2 is 1.89 bits per heavy atom. The van der Waals surface area contributed by atoms with Gasteiger partial charge in [-0.1, -0.05) is 32.9 Å². The molecule has 19 heavy (non-hydrogen) atoms. The molecule has 0 radical (unpaired) electrons. The smallest absolute Gasteiger partial charge is 0.0758 e. The molecule has 3 heteroatoms.